The van der Waals surface area contributed by atoms with E-state index in [-0.39, 0.29) is 18.1 Å². The molecule has 1 unspecified atom stereocenters. The van der Waals surface area contributed by atoms with Gasteiger partial charge in [0.05, 0.1) is 6.10 Å². The molecule has 1 saturated heterocycles. The first-order valence-electron chi connectivity index (χ1n) is 5.05. The maximum atomic E-state index is 9.44. The Morgan fingerprint density at radius 2 is 2.15 bits per heavy atom. The van der Waals surface area contributed by atoms with E-state index in [0.29, 0.717) is 0 Å². The van der Waals surface area contributed by atoms with E-state index in [1.54, 1.807) is 0 Å². The van der Waals surface area contributed by atoms with Crippen LogP contribution in [0.1, 0.15) is 26.7 Å². The molecule has 13 heavy (non-hydrogen) atoms. The van der Waals surface area contributed by atoms with Crippen LogP contribution in [0.3, 0.4) is 0 Å². The average molecular weight is 187 g/mol. The molecule has 1 atom stereocenters. The molecule has 1 aliphatic rings. The second-order valence-electron chi connectivity index (χ2n) is 4.85. The van der Waals surface area contributed by atoms with E-state index in [2.05, 4.69) is 4.90 Å². The van der Waals surface area contributed by atoms with E-state index in [1.807, 2.05) is 13.8 Å². The molecule has 1 heterocycles. The monoisotopic (exact) mass is 187 g/mol. The van der Waals surface area contributed by atoms with Crippen LogP contribution < -0.4 is 0 Å². The summed E-state index contributed by atoms with van der Waals surface area (Å²) >= 11 is 0. The summed E-state index contributed by atoms with van der Waals surface area (Å²) in [6.07, 6.45) is 1.84. The molecule has 3 heteroatoms. The molecule has 0 radical (unpaired) electrons. The highest BCUT2D eigenvalue weighted by Crippen LogP contribution is 2.19. The molecule has 0 bridgehead atoms. The van der Waals surface area contributed by atoms with E-state index in [1.165, 1.54) is 0 Å². The van der Waals surface area contributed by atoms with E-state index >= 15 is 0 Å². The number of β-amino-alcohol motifs (C(OH)–C–C–N with tert-alkyl or cyclic N) is 1. The molecule has 1 aliphatic heterocycles. The Labute approximate surface area is 80.4 Å². The van der Waals surface area contributed by atoms with Crippen molar-refractivity contribution in [3.63, 3.8) is 0 Å². The fourth-order valence-corrected chi connectivity index (χ4v) is 1.83. The highest BCUT2D eigenvalue weighted by atomic mass is 16.3. The number of nitrogens with zero attached hydrogens (tertiary/aromatic N) is 1. The van der Waals surface area contributed by atoms with Gasteiger partial charge in [-0.15, -0.1) is 0 Å². The minimum Gasteiger partial charge on any atom is -0.396 e. The lowest BCUT2D eigenvalue weighted by molar-refractivity contribution is 0.0348. The van der Waals surface area contributed by atoms with Crippen molar-refractivity contribution in [2.75, 3.05) is 26.2 Å². The van der Waals surface area contributed by atoms with Gasteiger partial charge in [0, 0.05) is 25.1 Å². The summed E-state index contributed by atoms with van der Waals surface area (Å²) in [6, 6.07) is 0. The smallest absolute Gasteiger partial charge is 0.0667 e. The molecular weight excluding hydrogens is 166 g/mol. The lowest BCUT2D eigenvalue weighted by Crippen LogP contribution is -2.44. The van der Waals surface area contributed by atoms with Gasteiger partial charge in [0.1, 0.15) is 0 Å². The van der Waals surface area contributed by atoms with Crippen LogP contribution in [-0.4, -0.2) is 47.5 Å². The van der Waals surface area contributed by atoms with Gasteiger partial charge in [0.25, 0.3) is 0 Å². The molecule has 0 aromatic heterocycles. The maximum absolute atomic E-state index is 9.44. The van der Waals surface area contributed by atoms with Crippen LogP contribution in [0.15, 0.2) is 0 Å². The summed E-state index contributed by atoms with van der Waals surface area (Å²) in [6.45, 7) is 7.01. The van der Waals surface area contributed by atoms with Gasteiger partial charge in [-0.05, 0) is 19.4 Å². The quantitative estimate of drug-likeness (QED) is 0.674. The second-order valence-corrected chi connectivity index (χ2v) is 4.85. The lowest BCUT2D eigenvalue weighted by atomic mass is 9.93. The first-order chi connectivity index (χ1) is 6.03. The Hall–Kier alpha value is -0.120. The van der Waals surface area contributed by atoms with Crippen molar-refractivity contribution in [3.8, 4) is 0 Å². The summed E-state index contributed by atoms with van der Waals surface area (Å²) in [5, 5.41) is 18.5. The van der Waals surface area contributed by atoms with Crippen LogP contribution in [0, 0.1) is 5.41 Å². The van der Waals surface area contributed by atoms with Gasteiger partial charge in [-0.25, -0.2) is 0 Å². The van der Waals surface area contributed by atoms with Crippen molar-refractivity contribution in [2.45, 2.75) is 32.8 Å². The van der Waals surface area contributed by atoms with Crippen LogP contribution in [0.2, 0.25) is 0 Å². The zero-order valence-electron chi connectivity index (χ0n) is 8.66. The molecule has 0 aromatic carbocycles. The Balaban J connectivity index is 2.35. The molecule has 2 N–H and O–H groups in total. The van der Waals surface area contributed by atoms with Gasteiger partial charge in [0.15, 0.2) is 0 Å². The predicted octanol–water partition coefficient (Wildman–Crippen LogP) is 0.462. The standard InChI is InChI=1S/C10H21NO2/c1-10(2,8-12)7-11-5-3-4-9(13)6-11/h9,12-13H,3-8H2,1-2H3. The zero-order chi connectivity index (χ0) is 9.90. The van der Waals surface area contributed by atoms with Gasteiger partial charge in [0.2, 0.25) is 0 Å². The zero-order valence-corrected chi connectivity index (χ0v) is 8.66. The highest BCUT2D eigenvalue weighted by molar-refractivity contribution is 4.78. The molecule has 1 rings (SSSR count). The number of hydrogen-bond donors (Lipinski definition) is 2. The van der Waals surface area contributed by atoms with Crippen molar-refractivity contribution >= 4 is 0 Å². The van der Waals surface area contributed by atoms with Gasteiger partial charge >= 0.3 is 0 Å². The van der Waals surface area contributed by atoms with E-state index in [9.17, 15) is 5.11 Å². The maximum Gasteiger partial charge on any atom is 0.0667 e. The summed E-state index contributed by atoms with van der Waals surface area (Å²) < 4.78 is 0. The molecular formula is C10H21NO2. The average Bonchev–Trinajstić information content (AvgIpc) is 2.03. The topological polar surface area (TPSA) is 43.7 Å². The molecule has 3 nitrogen and oxygen atoms in total. The largest absolute Gasteiger partial charge is 0.396 e. The van der Waals surface area contributed by atoms with Gasteiger partial charge in [-0.3, -0.25) is 0 Å². The van der Waals surface area contributed by atoms with Crippen molar-refractivity contribution < 1.29 is 10.2 Å². The van der Waals surface area contributed by atoms with Crippen LogP contribution in [0.4, 0.5) is 0 Å². The number of likely N-dealkylation sites (tertiary alicyclic amines) is 1. The minimum absolute atomic E-state index is 0.0446. The summed E-state index contributed by atoms with van der Waals surface area (Å²) in [4.78, 5) is 2.24. The Morgan fingerprint density at radius 3 is 2.69 bits per heavy atom. The van der Waals surface area contributed by atoms with Gasteiger partial charge in [-0.1, -0.05) is 13.8 Å². The molecule has 1 fully saturated rings. The fourth-order valence-electron chi connectivity index (χ4n) is 1.83. The van der Waals surface area contributed by atoms with E-state index in [0.717, 1.165) is 32.5 Å². The van der Waals surface area contributed by atoms with E-state index in [4.69, 9.17) is 5.11 Å². The summed E-state index contributed by atoms with van der Waals surface area (Å²) in [5.41, 5.74) is -0.0446. The third-order valence-corrected chi connectivity index (χ3v) is 2.56. The SMILES string of the molecule is CC(C)(CO)CN1CCCC(O)C1. The van der Waals surface area contributed by atoms with Gasteiger partial charge in [-0.2, -0.15) is 0 Å². The normalized spacial score (nSPS) is 26.3. The molecule has 0 aliphatic carbocycles. The Morgan fingerprint density at radius 1 is 1.46 bits per heavy atom. The summed E-state index contributed by atoms with van der Waals surface area (Å²) in [7, 11) is 0. The number of aliphatic hydroxyl groups is 2. The Bertz CT molecular complexity index is 159. The molecule has 0 aromatic rings. The summed E-state index contributed by atoms with van der Waals surface area (Å²) in [5.74, 6) is 0. The lowest BCUT2D eigenvalue weighted by Gasteiger charge is -2.35. The first-order valence-corrected chi connectivity index (χ1v) is 5.05. The third kappa shape index (κ3) is 3.63. The van der Waals surface area contributed by atoms with Gasteiger partial charge < -0.3 is 15.1 Å². The number of piperidine rings is 1. The number of rotatable bonds is 3. The van der Waals surface area contributed by atoms with Crippen molar-refractivity contribution in [1.82, 2.24) is 4.90 Å². The van der Waals surface area contributed by atoms with E-state index < -0.39 is 0 Å². The Kier molecular flexibility index (Phi) is 3.71. The van der Waals surface area contributed by atoms with Crippen molar-refractivity contribution in [2.24, 2.45) is 5.41 Å². The van der Waals surface area contributed by atoms with Crippen LogP contribution in [0.25, 0.3) is 0 Å². The first kappa shape index (κ1) is 11.0. The fraction of sp³-hybridized carbons (Fsp3) is 1.00. The van der Waals surface area contributed by atoms with Crippen molar-refractivity contribution in [3.05, 3.63) is 0 Å². The molecule has 0 spiro atoms. The van der Waals surface area contributed by atoms with Crippen LogP contribution in [0.5, 0.6) is 0 Å². The number of hydrogen-bond acceptors (Lipinski definition) is 3. The molecule has 78 valence electrons. The predicted molar refractivity (Wildman–Crippen MR) is 52.5 cm³/mol. The van der Waals surface area contributed by atoms with Crippen molar-refractivity contribution in [1.29, 1.82) is 0 Å². The number of aliphatic hydroxyl groups excluding tert-OH is 2. The highest BCUT2D eigenvalue weighted by Gasteiger charge is 2.24. The molecule has 0 amide bonds. The minimum atomic E-state index is -0.164. The van der Waals surface area contributed by atoms with Crippen LogP contribution in [-0.2, 0) is 0 Å². The van der Waals surface area contributed by atoms with Crippen LogP contribution >= 0.6 is 0 Å². The third-order valence-electron chi connectivity index (χ3n) is 2.56. The second kappa shape index (κ2) is 4.40. The molecule has 0 saturated carbocycles.